The summed E-state index contributed by atoms with van der Waals surface area (Å²) in [5.74, 6) is 1.68. The van der Waals surface area contributed by atoms with E-state index in [0.717, 1.165) is 22.6 Å². The number of hydrogen-bond acceptors (Lipinski definition) is 5. The van der Waals surface area contributed by atoms with Crippen molar-refractivity contribution >= 4 is 5.69 Å². The van der Waals surface area contributed by atoms with Gasteiger partial charge in [0.25, 0.3) is 0 Å². The summed E-state index contributed by atoms with van der Waals surface area (Å²) in [6, 6.07) is 11.8. The molecular formula is C20H24N2O3. The minimum absolute atomic E-state index is 0.174. The van der Waals surface area contributed by atoms with E-state index < -0.39 is 0 Å². The Morgan fingerprint density at radius 3 is 2.72 bits per heavy atom. The van der Waals surface area contributed by atoms with E-state index >= 15 is 0 Å². The van der Waals surface area contributed by atoms with Crippen molar-refractivity contribution < 1.29 is 14.6 Å². The molecule has 0 amide bonds. The van der Waals surface area contributed by atoms with Gasteiger partial charge in [0.05, 0.1) is 12.8 Å². The number of fused-ring (bicyclic) bond motifs is 1. The molecule has 0 aromatic heterocycles. The number of nitrogens with one attached hydrogen (secondary N) is 2. The fourth-order valence-corrected chi connectivity index (χ4v) is 3.65. The highest BCUT2D eigenvalue weighted by molar-refractivity contribution is 5.74. The number of ether oxygens (including phenoxy) is 2. The molecule has 4 rings (SSSR count). The molecule has 0 bridgehead atoms. The van der Waals surface area contributed by atoms with Gasteiger partial charge in [0.2, 0.25) is 6.35 Å². The van der Waals surface area contributed by atoms with Crippen molar-refractivity contribution in [3.8, 4) is 28.4 Å². The van der Waals surface area contributed by atoms with Gasteiger partial charge >= 0.3 is 0 Å². The van der Waals surface area contributed by atoms with E-state index in [-0.39, 0.29) is 12.1 Å². The third-order valence-corrected chi connectivity index (χ3v) is 4.96. The van der Waals surface area contributed by atoms with Gasteiger partial charge in [0.15, 0.2) is 0 Å². The van der Waals surface area contributed by atoms with Gasteiger partial charge in [0, 0.05) is 12.1 Å². The molecule has 1 unspecified atom stereocenters. The Morgan fingerprint density at radius 1 is 1.08 bits per heavy atom. The lowest BCUT2D eigenvalue weighted by atomic mass is 9.96. The summed E-state index contributed by atoms with van der Waals surface area (Å²) >= 11 is 0. The highest BCUT2D eigenvalue weighted by Gasteiger charge is 2.25. The molecule has 132 valence electrons. The molecule has 3 N–H and O–H groups in total. The van der Waals surface area contributed by atoms with Crippen LogP contribution in [-0.2, 0) is 0 Å². The first-order valence-electron chi connectivity index (χ1n) is 8.93. The maximum absolute atomic E-state index is 9.87. The molecule has 5 heteroatoms. The third-order valence-electron chi connectivity index (χ3n) is 4.96. The summed E-state index contributed by atoms with van der Waals surface area (Å²) in [6.45, 7) is 0. The number of methoxy groups -OCH3 is 1. The van der Waals surface area contributed by atoms with Crippen LogP contribution in [0.25, 0.3) is 11.1 Å². The highest BCUT2D eigenvalue weighted by Crippen LogP contribution is 2.37. The Kier molecular flexibility index (Phi) is 4.40. The van der Waals surface area contributed by atoms with E-state index in [1.54, 1.807) is 19.2 Å². The van der Waals surface area contributed by atoms with Gasteiger partial charge in [-0.2, -0.15) is 0 Å². The topological polar surface area (TPSA) is 62.8 Å². The summed E-state index contributed by atoms with van der Waals surface area (Å²) in [7, 11) is 1.60. The second-order valence-corrected chi connectivity index (χ2v) is 6.77. The molecule has 5 nitrogen and oxygen atoms in total. The van der Waals surface area contributed by atoms with E-state index in [1.807, 2.05) is 24.3 Å². The molecule has 0 spiro atoms. The van der Waals surface area contributed by atoms with Crippen LogP contribution in [0.5, 0.6) is 17.2 Å². The van der Waals surface area contributed by atoms with Crippen LogP contribution in [0.2, 0.25) is 0 Å². The highest BCUT2D eigenvalue weighted by atomic mass is 16.5. The average molecular weight is 340 g/mol. The van der Waals surface area contributed by atoms with Crippen molar-refractivity contribution in [1.82, 2.24) is 5.32 Å². The zero-order valence-electron chi connectivity index (χ0n) is 14.4. The van der Waals surface area contributed by atoms with Crippen molar-refractivity contribution in [2.75, 3.05) is 12.4 Å². The summed E-state index contributed by atoms with van der Waals surface area (Å²) < 4.78 is 11.2. The smallest absolute Gasteiger partial charge is 0.228 e. The van der Waals surface area contributed by atoms with Gasteiger partial charge in [-0.3, -0.25) is 5.32 Å². The van der Waals surface area contributed by atoms with E-state index in [4.69, 9.17) is 9.47 Å². The standard InChI is InChI=1S/C20H24N2O3/c1-24-17-10-14(9-16(23)12-17)13-7-8-19-18(11-13)22-20(25-19)21-15-5-3-2-4-6-15/h7-12,15,20-23H,2-6H2,1H3. The number of phenols is 1. The lowest BCUT2D eigenvalue weighted by molar-refractivity contribution is 0.178. The fourth-order valence-electron chi connectivity index (χ4n) is 3.65. The van der Waals surface area contributed by atoms with Crippen LogP contribution < -0.4 is 20.1 Å². The van der Waals surface area contributed by atoms with Crippen LogP contribution in [0.3, 0.4) is 0 Å². The Balaban J connectivity index is 1.51. The zero-order valence-corrected chi connectivity index (χ0v) is 14.4. The number of anilines is 1. The number of rotatable bonds is 4. The lowest BCUT2D eigenvalue weighted by Crippen LogP contribution is -2.45. The second kappa shape index (κ2) is 6.84. The first kappa shape index (κ1) is 16.1. The van der Waals surface area contributed by atoms with Crippen molar-refractivity contribution in [2.24, 2.45) is 0 Å². The van der Waals surface area contributed by atoms with Crippen molar-refractivity contribution in [3.63, 3.8) is 0 Å². The van der Waals surface area contributed by atoms with E-state index in [2.05, 4.69) is 10.6 Å². The molecule has 1 saturated carbocycles. The van der Waals surface area contributed by atoms with Crippen molar-refractivity contribution in [3.05, 3.63) is 36.4 Å². The van der Waals surface area contributed by atoms with Crippen molar-refractivity contribution in [1.29, 1.82) is 0 Å². The van der Waals surface area contributed by atoms with Crippen LogP contribution >= 0.6 is 0 Å². The monoisotopic (exact) mass is 340 g/mol. The SMILES string of the molecule is COc1cc(O)cc(-c2ccc3c(c2)NC(NC2CCCCC2)O3)c1. The summed E-state index contributed by atoms with van der Waals surface area (Å²) in [4.78, 5) is 0. The Hall–Kier alpha value is -2.40. The maximum atomic E-state index is 9.87. The predicted molar refractivity (Wildman–Crippen MR) is 98.1 cm³/mol. The van der Waals surface area contributed by atoms with Gasteiger partial charge in [-0.15, -0.1) is 0 Å². The van der Waals surface area contributed by atoms with Crippen LogP contribution in [0.4, 0.5) is 5.69 Å². The molecule has 0 radical (unpaired) electrons. The van der Waals surface area contributed by atoms with E-state index in [0.29, 0.717) is 11.8 Å². The Labute approximate surface area is 148 Å². The molecule has 0 saturated heterocycles. The number of benzene rings is 2. The van der Waals surface area contributed by atoms with Gasteiger partial charge < -0.3 is 19.9 Å². The molecule has 2 aliphatic rings. The number of phenolic OH excluding ortho intramolecular Hbond substituents is 1. The molecule has 1 heterocycles. The summed E-state index contributed by atoms with van der Waals surface area (Å²) in [6.07, 6.45) is 6.18. The number of hydrogen-bond donors (Lipinski definition) is 3. The number of aromatic hydroxyl groups is 1. The largest absolute Gasteiger partial charge is 0.508 e. The minimum Gasteiger partial charge on any atom is -0.508 e. The van der Waals surface area contributed by atoms with Gasteiger partial charge in [0.1, 0.15) is 17.2 Å². The molecular weight excluding hydrogens is 316 g/mol. The molecule has 1 aliphatic carbocycles. The predicted octanol–water partition coefficient (Wildman–Crippen LogP) is 4.08. The summed E-state index contributed by atoms with van der Waals surface area (Å²) in [5.41, 5.74) is 2.88. The Morgan fingerprint density at radius 2 is 1.92 bits per heavy atom. The second-order valence-electron chi connectivity index (χ2n) is 6.77. The van der Waals surface area contributed by atoms with Crippen LogP contribution in [0, 0.1) is 0 Å². The molecule has 2 aromatic carbocycles. The van der Waals surface area contributed by atoms with Crippen LogP contribution in [0.1, 0.15) is 32.1 Å². The fraction of sp³-hybridized carbons (Fsp3) is 0.400. The normalized spacial score (nSPS) is 19.8. The zero-order chi connectivity index (χ0) is 17.2. The van der Waals surface area contributed by atoms with Crippen molar-refractivity contribution in [2.45, 2.75) is 44.5 Å². The average Bonchev–Trinajstić information content (AvgIpc) is 3.03. The molecule has 1 aliphatic heterocycles. The van der Waals surface area contributed by atoms with Gasteiger partial charge in [-0.05, 0) is 48.2 Å². The molecule has 1 fully saturated rings. The molecule has 2 aromatic rings. The van der Waals surface area contributed by atoms with Crippen LogP contribution in [-0.4, -0.2) is 24.6 Å². The maximum Gasteiger partial charge on any atom is 0.228 e. The third kappa shape index (κ3) is 3.51. The van der Waals surface area contributed by atoms with Gasteiger partial charge in [-0.25, -0.2) is 0 Å². The van der Waals surface area contributed by atoms with E-state index in [9.17, 15) is 5.11 Å². The quantitative estimate of drug-likeness (QED) is 0.783. The minimum atomic E-state index is -0.174. The van der Waals surface area contributed by atoms with E-state index in [1.165, 1.54) is 32.1 Å². The summed E-state index contributed by atoms with van der Waals surface area (Å²) in [5, 5.41) is 16.8. The molecule has 1 atom stereocenters. The first-order chi connectivity index (χ1) is 12.2. The van der Waals surface area contributed by atoms with Crippen LogP contribution in [0.15, 0.2) is 36.4 Å². The Bertz CT molecular complexity index is 757. The first-order valence-corrected chi connectivity index (χ1v) is 8.93. The molecule has 25 heavy (non-hydrogen) atoms. The lowest BCUT2D eigenvalue weighted by Gasteiger charge is -2.25. The van der Waals surface area contributed by atoms with Gasteiger partial charge in [-0.1, -0.05) is 25.3 Å².